The summed E-state index contributed by atoms with van der Waals surface area (Å²) in [6.07, 6.45) is 1.10. The third-order valence-electron chi connectivity index (χ3n) is 3.19. The number of benzene rings is 1. The molecular weight excluding hydrogens is 230 g/mol. The summed E-state index contributed by atoms with van der Waals surface area (Å²) < 4.78 is 5.69. The lowest BCUT2D eigenvalue weighted by Gasteiger charge is -2.22. The van der Waals surface area contributed by atoms with Crippen molar-refractivity contribution < 1.29 is 4.74 Å². The SMILES string of the molecule is NCC1OCCc2c(-c3ccccc3)csc21. The predicted molar refractivity (Wildman–Crippen MR) is 71.2 cm³/mol. The maximum Gasteiger partial charge on any atom is 0.104 e. The summed E-state index contributed by atoms with van der Waals surface area (Å²) in [5.74, 6) is 0. The van der Waals surface area contributed by atoms with E-state index in [0.717, 1.165) is 13.0 Å². The number of rotatable bonds is 2. The Hall–Kier alpha value is -1.16. The minimum atomic E-state index is 0.0983. The Balaban J connectivity index is 2.06. The van der Waals surface area contributed by atoms with Crippen molar-refractivity contribution in [2.75, 3.05) is 13.2 Å². The molecule has 2 heterocycles. The molecule has 2 aromatic rings. The number of thiophene rings is 1. The molecule has 0 amide bonds. The molecule has 0 saturated heterocycles. The zero-order chi connectivity index (χ0) is 11.7. The molecule has 88 valence electrons. The van der Waals surface area contributed by atoms with Gasteiger partial charge in [0.2, 0.25) is 0 Å². The number of fused-ring (bicyclic) bond motifs is 1. The van der Waals surface area contributed by atoms with Gasteiger partial charge in [0.05, 0.1) is 6.61 Å². The molecule has 1 aliphatic heterocycles. The second-order valence-electron chi connectivity index (χ2n) is 4.20. The second kappa shape index (κ2) is 4.61. The van der Waals surface area contributed by atoms with Crippen LogP contribution in [0.3, 0.4) is 0 Å². The number of hydrogen-bond donors (Lipinski definition) is 1. The summed E-state index contributed by atoms with van der Waals surface area (Å²) in [5.41, 5.74) is 9.83. The smallest absolute Gasteiger partial charge is 0.104 e. The first-order valence-electron chi connectivity index (χ1n) is 5.87. The van der Waals surface area contributed by atoms with E-state index in [2.05, 4.69) is 29.6 Å². The summed E-state index contributed by atoms with van der Waals surface area (Å²) >= 11 is 1.77. The fourth-order valence-electron chi connectivity index (χ4n) is 2.34. The lowest BCUT2D eigenvalue weighted by atomic mass is 9.98. The standard InChI is InChI=1S/C14H15NOS/c15-8-13-14-11(6-7-16-13)12(9-17-14)10-4-2-1-3-5-10/h1-5,9,13H,6-8,15H2. The molecule has 0 fully saturated rings. The van der Waals surface area contributed by atoms with Crippen LogP contribution in [0.5, 0.6) is 0 Å². The molecule has 3 rings (SSSR count). The van der Waals surface area contributed by atoms with Crippen molar-refractivity contribution in [3.05, 3.63) is 46.2 Å². The Bertz CT molecular complexity index is 506. The highest BCUT2D eigenvalue weighted by atomic mass is 32.1. The van der Waals surface area contributed by atoms with E-state index in [-0.39, 0.29) is 6.10 Å². The molecule has 2 nitrogen and oxygen atoms in total. The summed E-state index contributed by atoms with van der Waals surface area (Å²) in [5, 5.41) is 2.23. The Morgan fingerprint density at radius 3 is 2.88 bits per heavy atom. The number of nitrogens with two attached hydrogens (primary N) is 1. The van der Waals surface area contributed by atoms with Crippen molar-refractivity contribution in [2.45, 2.75) is 12.5 Å². The molecule has 1 aromatic heterocycles. The quantitative estimate of drug-likeness (QED) is 0.882. The zero-order valence-electron chi connectivity index (χ0n) is 9.56. The predicted octanol–water partition coefficient (Wildman–Crippen LogP) is 2.99. The first kappa shape index (κ1) is 11.0. The Morgan fingerprint density at radius 1 is 1.29 bits per heavy atom. The first-order chi connectivity index (χ1) is 8.40. The van der Waals surface area contributed by atoms with Crippen LogP contribution in [0.1, 0.15) is 16.5 Å². The van der Waals surface area contributed by atoms with Crippen LogP contribution in [-0.4, -0.2) is 13.2 Å². The van der Waals surface area contributed by atoms with Crippen molar-refractivity contribution in [2.24, 2.45) is 5.73 Å². The molecule has 17 heavy (non-hydrogen) atoms. The van der Waals surface area contributed by atoms with Gasteiger partial charge in [0, 0.05) is 11.4 Å². The highest BCUT2D eigenvalue weighted by Crippen LogP contribution is 2.38. The van der Waals surface area contributed by atoms with E-state index in [1.807, 2.05) is 6.07 Å². The van der Waals surface area contributed by atoms with Crippen LogP contribution >= 0.6 is 11.3 Å². The van der Waals surface area contributed by atoms with Crippen LogP contribution in [-0.2, 0) is 11.2 Å². The van der Waals surface area contributed by atoms with Crippen LogP contribution in [0.2, 0.25) is 0 Å². The van der Waals surface area contributed by atoms with E-state index >= 15 is 0 Å². The zero-order valence-corrected chi connectivity index (χ0v) is 10.4. The summed E-state index contributed by atoms with van der Waals surface area (Å²) in [6, 6.07) is 10.5. The molecule has 0 saturated carbocycles. The Morgan fingerprint density at radius 2 is 2.12 bits per heavy atom. The molecule has 0 aliphatic carbocycles. The minimum Gasteiger partial charge on any atom is -0.371 e. The average Bonchev–Trinajstić information content (AvgIpc) is 2.83. The average molecular weight is 245 g/mol. The van der Waals surface area contributed by atoms with Gasteiger partial charge in [0.15, 0.2) is 0 Å². The molecular formula is C14H15NOS. The van der Waals surface area contributed by atoms with Gasteiger partial charge >= 0.3 is 0 Å². The van der Waals surface area contributed by atoms with Gasteiger partial charge in [-0.3, -0.25) is 0 Å². The van der Waals surface area contributed by atoms with Gasteiger partial charge in [-0.25, -0.2) is 0 Å². The van der Waals surface area contributed by atoms with E-state index < -0.39 is 0 Å². The summed E-state index contributed by atoms with van der Waals surface area (Å²) in [4.78, 5) is 1.32. The van der Waals surface area contributed by atoms with Gasteiger partial charge < -0.3 is 10.5 Å². The summed E-state index contributed by atoms with van der Waals surface area (Å²) in [6.45, 7) is 1.35. The fourth-order valence-corrected chi connectivity index (χ4v) is 3.53. The van der Waals surface area contributed by atoms with Crippen molar-refractivity contribution >= 4 is 11.3 Å². The van der Waals surface area contributed by atoms with Crippen LogP contribution in [0, 0.1) is 0 Å². The number of ether oxygens (including phenoxy) is 1. The maximum absolute atomic E-state index is 5.75. The molecule has 0 bridgehead atoms. The van der Waals surface area contributed by atoms with Crippen LogP contribution in [0.15, 0.2) is 35.7 Å². The molecule has 3 heteroatoms. The van der Waals surface area contributed by atoms with Gasteiger partial charge in [-0.05, 0) is 28.5 Å². The highest BCUT2D eigenvalue weighted by molar-refractivity contribution is 7.10. The van der Waals surface area contributed by atoms with Crippen LogP contribution in [0.4, 0.5) is 0 Å². The monoisotopic (exact) mass is 245 g/mol. The largest absolute Gasteiger partial charge is 0.371 e. The van der Waals surface area contributed by atoms with Gasteiger partial charge in [-0.1, -0.05) is 30.3 Å². The van der Waals surface area contributed by atoms with Gasteiger partial charge in [-0.2, -0.15) is 0 Å². The van der Waals surface area contributed by atoms with E-state index in [1.165, 1.54) is 21.6 Å². The third kappa shape index (κ3) is 1.90. The van der Waals surface area contributed by atoms with E-state index in [9.17, 15) is 0 Å². The van der Waals surface area contributed by atoms with Crippen LogP contribution in [0.25, 0.3) is 11.1 Å². The normalized spacial score (nSPS) is 19.0. The molecule has 0 radical (unpaired) electrons. The van der Waals surface area contributed by atoms with Crippen molar-refractivity contribution in [3.8, 4) is 11.1 Å². The van der Waals surface area contributed by atoms with Crippen molar-refractivity contribution in [3.63, 3.8) is 0 Å². The van der Waals surface area contributed by atoms with E-state index in [1.54, 1.807) is 11.3 Å². The second-order valence-corrected chi connectivity index (χ2v) is 5.11. The fraction of sp³-hybridized carbons (Fsp3) is 0.286. The molecule has 2 N–H and O–H groups in total. The van der Waals surface area contributed by atoms with Crippen molar-refractivity contribution in [1.82, 2.24) is 0 Å². The van der Waals surface area contributed by atoms with Crippen LogP contribution < -0.4 is 5.73 Å². The lowest BCUT2D eigenvalue weighted by molar-refractivity contribution is 0.0517. The Labute approximate surface area is 105 Å². The summed E-state index contributed by atoms with van der Waals surface area (Å²) in [7, 11) is 0. The number of hydrogen-bond acceptors (Lipinski definition) is 3. The minimum absolute atomic E-state index is 0.0983. The lowest BCUT2D eigenvalue weighted by Crippen LogP contribution is -2.21. The molecule has 1 unspecified atom stereocenters. The molecule has 1 aliphatic rings. The van der Waals surface area contributed by atoms with Gasteiger partial charge in [0.1, 0.15) is 6.10 Å². The molecule has 0 spiro atoms. The topological polar surface area (TPSA) is 35.2 Å². The molecule has 1 aromatic carbocycles. The van der Waals surface area contributed by atoms with E-state index in [4.69, 9.17) is 10.5 Å². The van der Waals surface area contributed by atoms with Gasteiger partial charge in [-0.15, -0.1) is 11.3 Å². The molecule has 1 atom stereocenters. The van der Waals surface area contributed by atoms with Gasteiger partial charge in [0.25, 0.3) is 0 Å². The Kier molecular flexibility index (Phi) is 2.97. The third-order valence-corrected chi connectivity index (χ3v) is 4.31. The van der Waals surface area contributed by atoms with E-state index in [0.29, 0.717) is 6.54 Å². The van der Waals surface area contributed by atoms with Crippen molar-refractivity contribution in [1.29, 1.82) is 0 Å². The maximum atomic E-state index is 5.75. The highest BCUT2D eigenvalue weighted by Gasteiger charge is 2.24. The first-order valence-corrected chi connectivity index (χ1v) is 6.75.